The number of rotatable bonds is 0. The van der Waals surface area contributed by atoms with Gasteiger partial charge in [0.05, 0.1) is 5.02 Å². The van der Waals surface area contributed by atoms with E-state index < -0.39 is 0 Å². The van der Waals surface area contributed by atoms with Crippen LogP contribution in [0.2, 0.25) is 5.02 Å². The number of fused-ring (bicyclic) bond motifs is 1. The van der Waals surface area contributed by atoms with Crippen molar-refractivity contribution in [3.05, 3.63) is 33.9 Å². The molecule has 2 rings (SSSR count). The standard InChI is InChI=1S/C9H7BrClN/c1-12-5-4-6-8(12)3-2-7(10)9(6)11/h2-5H,1H3. The van der Waals surface area contributed by atoms with E-state index in [4.69, 9.17) is 11.6 Å². The average Bonchev–Trinajstić information content (AvgIpc) is 2.41. The number of aryl methyl sites for hydroxylation is 1. The molecular formula is C9H7BrClN. The summed E-state index contributed by atoms with van der Waals surface area (Å²) >= 11 is 9.46. The van der Waals surface area contributed by atoms with E-state index >= 15 is 0 Å². The third kappa shape index (κ3) is 1.06. The molecule has 1 nitrogen and oxygen atoms in total. The van der Waals surface area contributed by atoms with Crippen molar-refractivity contribution in [3.8, 4) is 0 Å². The molecule has 62 valence electrons. The number of hydrogen-bond acceptors (Lipinski definition) is 0. The first-order chi connectivity index (χ1) is 5.70. The first-order valence-corrected chi connectivity index (χ1v) is 4.76. The highest BCUT2D eigenvalue weighted by Crippen LogP contribution is 2.30. The number of hydrogen-bond donors (Lipinski definition) is 0. The lowest BCUT2D eigenvalue weighted by Crippen LogP contribution is -1.83. The van der Waals surface area contributed by atoms with Crippen molar-refractivity contribution in [1.29, 1.82) is 0 Å². The molecule has 1 aromatic heterocycles. The maximum absolute atomic E-state index is 6.08. The van der Waals surface area contributed by atoms with Crippen LogP contribution < -0.4 is 0 Å². The summed E-state index contributed by atoms with van der Waals surface area (Å²) < 4.78 is 3.00. The van der Waals surface area contributed by atoms with Gasteiger partial charge in [0.15, 0.2) is 0 Å². The maximum Gasteiger partial charge on any atom is 0.0641 e. The molecule has 0 aliphatic carbocycles. The minimum atomic E-state index is 0.785. The van der Waals surface area contributed by atoms with Crippen molar-refractivity contribution >= 4 is 38.4 Å². The highest BCUT2D eigenvalue weighted by Gasteiger charge is 2.04. The lowest BCUT2D eigenvalue weighted by molar-refractivity contribution is 0.969. The fourth-order valence-electron chi connectivity index (χ4n) is 1.29. The normalized spacial score (nSPS) is 10.9. The van der Waals surface area contributed by atoms with Crippen LogP contribution in [0.15, 0.2) is 28.9 Å². The van der Waals surface area contributed by atoms with E-state index in [2.05, 4.69) is 15.9 Å². The Balaban J connectivity index is 2.93. The molecular weight excluding hydrogens is 237 g/mol. The second-order valence-corrected chi connectivity index (χ2v) is 3.95. The third-order valence-electron chi connectivity index (χ3n) is 1.95. The lowest BCUT2D eigenvalue weighted by atomic mass is 10.2. The van der Waals surface area contributed by atoms with Crippen molar-refractivity contribution in [2.24, 2.45) is 7.05 Å². The molecule has 1 heterocycles. The molecule has 0 radical (unpaired) electrons. The summed E-state index contributed by atoms with van der Waals surface area (Å²) in [6, 6.07) is 6.03. The highest BCUT2D eigenvalue weighted by atomic mass is 79.9. The summed E-state index contributed by atoms with van der Waals surface area (Å²) in [5, 5.41) is 1.88. The topological polar surface area (TPSA) is 4.93 Å². The van der Waals surface area contributed by atoms with Gasteiger partial charge in [0, 0.05) is 28.6 Å². The lowest BCUT2D eigenvalue weighted by Gasteiger charge is -1.99. The summed E-state index contributed by atoms with van der Waals surface area (Å²) in [5.41, 5.74) is 1.16. The number of benzene rings is 1. The van der Waals surface area contributed by atoms with Crippen LogP contribution in [-0.2, 0) is 7.05 Å². The zero-order valence-electron chi connectivity index (χ0n) is 6.51. The van der Waals surface area contributed by atoms with E-state index in [1.54, 1.807) is 0 Å². The maximum atomic E-state index is 6.08. The first kappa shape index (κ1) is 8.14. The predicted molar refractivity (Wildman–Crippen MR) is 55.6 cm³/mol. The Bertz CT molecular complexity index is 433. The molecule has 0 amide bonds. The van der Waals surface area contributed by atoms with Gasteiger partial charge in [-0.05, 0) is 34.1 Å². The van der Waals surface area contributed by atoms with Crippen LogP contribution in [0.3, 0.4) is 0 Å². The molecule has 0 fully saturated rings. The van der Waals surface area contributed by atoms with Gasteiger partial charge < -0.3 is 4.57 Å². The molecule has 0 bridgehead atoms. The minimum absolute atomic E-state index is 0.785. The molecule has 0 saturated carbocycles. The van der Waals surface area contributed by atoms with Gasteiger partial charge in [0.2, 0.25) is 0 Å². The van der Waals surface area contributed by atoms with E-state index in [0.717, 1.165) is 20.4 Å². The molecule has 0 atom stereocenters. The van der Waals surface area contributed by atoms with Gasteiger partial charge in [-0.2, -0.15) is 0 Å². The Kier molecular flexibility index (Phi) is 1.89. The van der Waals surface area contributed by atoms with Gasteiger partial charge in [-0.25, -0.2) is 0 Å². The monoisotopic (exact) mass is 243 g/mol. The van der Waals surface area contributed by atoms with Crippen molar-refractivity contribution < 1.29 is 0 Å². The van der Waals surface area contributed by atoms with Gasteiger partial charge in [-0.15, -0.1) is 0 Å². The smallest absolute Gasteiger partial charge is 0.0641 e. The molecule has 0 saturated heterocycles. The molecule has 1 aromatic carbocycles. The molecule has 12 heavy (non-hydrogen) atoms. The van der Waals surface area contributed by atoms with Gasteiger partial charge in [0.25, 0.3) is 0 Å². The summed E-state index contributed by atoms with van der Waals surface area (Å²) in [4.78, 5) is 0. The van der Waals surface area contributed by atoms with Crippen LogP contribution >= 0.6 is 27.5 Å². The van der Waals surface area contributed by atoms with Crippen LogP contribution in [0.4, 0.5) is 0 Å². The van der Waals surface area contributed by atoms with Gasteiger partial charge in [-0.1, -0.05) is 11.6 Å². The van der Waals surface area contributed by atoms with Crippen LogP contribution in [-0.4, -0.2) is 4.57 Å². The van der Waals surface area contributed by atoms with Crippen LogP contribution in [0.5, 0.6) is 0 Å². The second kappa shape index (κ2) is 2.79. The Morgan fingerprint density at radius 1 is 1.33 bits per heavy atom. The molecule has 0 spiro atoms. The van der Waals surface area contributed by atoms with E-state index in [0.29, 0.717) is 0 Å². The number of nitrogens with zero attached hydrogens (tertiary/aromatic N) is 1. The molecule has 0 N–H and O–H groups in total. The van der Waals surface area contributed by atoms with Crippen molar-refractivity contribution in [2.75, 3.05) is 0 Å². The fourth-order valence-corrected chi connectivity index (χ4v) is 1.86. The van der Waals surface area contributed by atoms with Crippen LogP contribution in [0.25, 0.3) is 10.9 Å². The van der Waals surface area contributed by atoms with E-state index in [1.165, 1.54) is 0 Å². The molecule has 2 aromatic rings. The van der Waals surface area contributed by atoms with Gasteiger partial charge >= 0.3 is 0 Å². The number of aromatic nitrogens is 1. The second-order valence-electron chi connectivity index (χ2n) is 2.72. The zero-order chi connectivity index (χ0) is 8.72. The molecule has 0 unspecified atom stereocenters. The van der Waals surface area contributed by atoms with E-state index in [1.807, 2.05) is 36.0 Å². The number of halogens is 2. The summed E-state index contributed by atoms with van der Waals surface area (Å²) in [6.07, 6.45) is 2.00. The summed E-state index contributed by atoms with van der Waals surface area (Å²) in [6.45, 7) is 0. The summed E-state index contributed by atoms with van der Waals surface area (Å²) in [5.74, 6) is 0. The molecule has 0 aliphatic heterocycles. The quantitative estimate of drug-likeness (QED) is 0.667. The average molecular weight is 245 g/mol. The SMILES string of the molecule is Cn1ccc2c(Cl)c(Br)ccc21. The Morgan fingerprint density at radius 3 is 2.83 bits per heavy atom. The molecule has 0 aliphatic rings. The highest BCUT2D eigenvalue weighted by molar-refractivity contribution is 9.10. The van der Waals surface area contributed by atoms with Crippen molar-refractivity contribution in [3.63, 3.8) is 0 Å². The molecule has 3 heteroatoms. The van der Waals surface area contributed by atoms with E-state index in [-0.39, 0.29) is 0 Å². The fraction of sp³-hybridized carbons (Fsp3) is 0.111. The van der Waals surface area contributed by atoms with Gasteiger partial charge in [0.1, 0.15) is 0 Å². The zero-order valence-corrected chi connectivity index (χ0v) is 8.85. The van der Waals surface area contributed by atoms with E-state index in [9.17, 15) is 0 Å². The predicted octanol–water partition coefficient (Wildman–Crippen LogP) is 3.59. The Hall–Kier alpha value is -0.470. The Morgan fingerprint density at radius 2 is 2.08 bits per heavy atom. The first-order valence-electron chi connectivity index (χ1n) is 3.59. The Labute approximate surface area is 84.1 Å². The van der Waals surface area contributed by atoms with Crippen LogP contribution in [0.1, 0.15) is 0 Å². The summed E-state index contributed by atoms with van der Waals surface area (Å²) in [7, 11) is 2.01. The van der Waals surface area contributed by atoms with Gasteiger partial charge in [-0.3, -0.25) is 0 Å². The van der Waals surface area contributed by atoms with Crippen LogP contribution in [0, 0.1) is 0 Å². The third-order valence-corrected chi connectivity index (χ3v) is 3.25. The van der Waals surface area contributed by atoms with Crippen molar-refractivity contribution in [1.82, 2.24) is 4.57 Å². The minimum Gasteiger partial charge on any atom is -0.351 e. The largest absolute Gasteiger partial charge is 0.351 e. The van der Waals surface area contributed by atoms with Crippen molar-refractivity contribution in [2.45, 2.75) is 0 Å².